The molecular weight excluding hydrogens is 216 g/mol. The number of carboxylic acid groups (broad SMARTS) is 1. The number of hydrogen-bond acceptors (Lipinski definition) is 2. The van der Waals surface area contributed by atoms with Gasteiger partial charge in [-0.05, 0) is 40.5 Å². The van der Waals surface area contributed by atoms with Crippen LogP contribution < -0.4 is 0 Å². The Bertz CT molecular complexity index is 585. The average Bonchev–Trinajstić information content (AvgIpc) is 2.26. The number of benzene rings is 2. The van der Waals surface area contributed by atoms with E-state index in [1.807, 2.05) is 26.0 Å². The Labute approximate surface area is 99.3 Å². The van der Waals surface area contributed by atoms with Crippen LogP contribution in [0.5, 0.6) is 5.75 Å². The minimum absolute atomic E-state index is 0.154. The minimum Gasteiger partial charge on any atom is -0.508 e. The van der Waals surface area contributed by atoms with Crippen molar-refractivity contribution in [2.24, 2.45) is 0 Å². The third kappa shape index (κ3) is 1.96. The van der Waals surface area contributed by atoms with Gasteiger partial charge in [-0.25, -0.2) is 4.79 Å². The van der Waals surface area contributed by atoms with Gasteiger partial charge < -0.3 is 10.2 Å². The lowest BCUT2D eigenvalue weighted by Gasteiger charge is -2.11. The summed E-state index contributed by atoms with van der Waals surface area (Å²) in [6.07, 6.45) is 0. The highest BCUT2D eigenvalue weighted by Gasteiger charge is 2.12. The molecular formula is C14H14O3. The monoisotopic (exact) mass is 230 g/mol. The summed E-state index contributed by atoms with van der Waals surface area (Å²) >= 11 is 0. The summed E-state index contributed by atoms with van der Waals surface area (Å²) in [7, 11) is 0. The summed E-state index contributed by atoms with van der Waals surface area (Å²) in [6.45, 7) is 3.98. The molecule has 2 aromatic rings. The van der Waals surface area contributed by atoms with Gasteiger partial charge in [-0.2, -0.15) is 0 Å². The number of carbonyl (C=O) groups is 1. The molecule has 0 bridgehead atoms. The molecule has 0 aliphatic rings. The van der Waals surface area contributed by atoms with Crippen LogP contribution in [0.15, 0.2) is 30.3 Å². The normalized spacial score (nSPS) is 11.0. The van der Waals surface area contributed by atoms with E-state index in [4.69, 9.17) is 5.11 Å². The quantitative estimate of drug-likeness (QED) is 0.831. The lowest BCUT2D eigenvalue weighted by Crippen LogP contribution is -1.98. The van der Waals surface area contributed by atoms with Crippen LogP contribution in [0.2, 0.25) is 0 Å². The van der Waals surface area contributed by atoms with Crippen LogP contribution in [0.4, 0.5) is 0 Å². The van der Waals surface area contributed by atoms with Crippen molar-refractivity contribution in [2.45, 2.75) is 19.8 Å². The molecule has 17 heavy (non-hydrogen) atoms. The molecule has 0 saturated carbocycles. The maximum absolute atomic E-state index is 11.1. The molecule has 0 heterocycles. The molecule has 0 spiro atoms. The maximum atomic E-state index is 11.1. The Kier molecular flexibility index (Phi) is 2.76. The number of phenols is 1. The van der Waals surface area contributed by atoms with Crippen molar-refractivity contribution in [3.63, 3.8) is 0 Å². The molecule has 2 rings (SSSR count). The second kappa shape index (κ2) is 4.09. The lowest BCUT2D eigenvalue weighted by atomic mass is 9.96. The summed E-state index contributed by atoms with van der Waals surface area (Å²) in [6, 6.07) is 8.50. The van der Waals surface area contributed by atoms with E-state index < -0.39 is 5.97 Å². The van der Waals surface area contributed by atoms with Gasteiger partial charge in [0.1, 0.15) is 5.75 Å². The van der Waals surface area contributed by atoms with Crippen LogP contribution in [0.25, 0.3) is 10.8 Å². The average molecular weight is 230 g/mol. The zero-order valence-corrected chi connectivity index (χ0v) is 9.77. The van der Waals surface area contributed by atoms with Crippen molar-refractivity contribution < 1.29 is 15.0 Å². The van der Waals surface area contributed by atoms with Crippen molar-refractivity contribution in [3.05, 3.63) is 41.5 Å². The fraction of sp³-hybridized carbons (Fsp3) is 0.214. The fourth-order valence-electron chi connectivity index (χ4n) is 1.98. The van der Waals surface area contributed by atoms with E-state index in [0.717, 1.165) is 10.9 Å². The van der Waals surface area contributed by atoms with E-state index in [1.165, 1.54) is 6.07 Å². The minimum atomic E-state index is -0.979. The predicted octanol–water partition coefficient (Wildman–Crippen LogP) is 3.37. The SMILES string of the molecule is CC(C)c1cc2cccc(C(=O)O)c2cc1O. The van der Waals surface area contributed by atoms with Crippen molar-refractivity contribution in [3.8, 4) is 5.75 Å². The molecule has 0 aromatic heterocycles. The third-order valence-electron chi connectivity index (χ3n) is 2.88. The van der Waals surface area contributed by atoms with E-state index in [2.05, 4.69) is 0 Å². The number of carboxylic acids is 1. The zero-order chi connectivity index (χ0) is 12.6. The molecule has 0 atom stereocenters. The van der Waals surface area contributed by atoms with Gasteiger partial charge in [0, 0.05) is 0 Å². The second-order valence-electron chi connectivity index (χ2n) is 4.40. The van der Waals surface area contributed by atoms with E-state index in [9.17, 15) is 9.90 Å². The summed E-state index contributed by atoms with van der Waals surface area (Å²) in [4.78, 5) is 11.1. The first-order valence-electron chi connectivity index (χ1n) is 5.49. The van der Waals surface area contributed by atoms with Gasteiger partial charge in [-0.3, -0.25) is 0 Å². The highest BCUT2D eigenvalue weighted by atomic mass is 16.4. The Morgan fingerprint density at radius 1 is 1.24 bits per heavy atom. The van der Waals surface area contributed by atoms with Gasteiger partial charge >= 0.3 is 5.97 Å². The van der Waals surface area contributed by atoms with Gasteiger partial charge in [0.2, 0.25) is 0 Å². The molecule has 2 N–H and O–H groups in total. The van der Waals surface area contributed by atoms with E-state index in [-0.39, 0.29) is 17.2 Å². The second-order valence-corrected chi connectivity index (χ2v) is 4.40. The molecule has 0 aliphatic carbocycles. The standard InChI is InChI=1S/C14H14O3/c1-8(2)11-6-9-4-3-5-10(14(16)17)12(9)7-13(11)15/h3-8,15H,1-2H3,(H,16,17). The third-order valence-corrected chi connectivity index (χ3v) is 2.88. The summed E-state index contributed by atoms with van der Waals surface area (Å²) in [5, 5.41) is 20.4. The maximum Gasteiger partial charge on any atom is 0.336 e. The first-order valence-corrected chi connectivity index (χ1v) is 5.49. The van der Waals surface area contributed by atoms with Crippen LogP contribution in [0, 0.1) is 0 Å². The molecule has 3 heteroatoms. The van der Waals surface area contributed by atoms with Crippen molar-refractivity contribution >= 4 is 16.7 Å². The molecule has 88 valence electrons. The summed E-state index contributed by atoms with van der Waals surface area (Å²) in [5.41, 5.74) is 1.05. The smallest absolute Gasteiger partial charge is 0.336 e. The molecule has 0 radical (unpaired) electrons. The first kappa shape index (κ1) is 11.5. The number of hydrogen-bond donors (Lipinski definition) is 2. The van der Waals surface area contributed by atoms with Crippen LogP contribution >= 0.6 is 0 Å². The van der Waals surface area contributed by atoms with Crippen molar-refractivity contribution in [1.29, 1.82) is 0 Å². The van der Waals surface area contributed by atoms with Gasteiger partial charge in [0.05, 0.1) is 5.56 Å². The Morgan fingerprint density at radius 2 is 1.94 bits per heavy atom. The lowest BCUT2D eigenvalue weighted by molar-refractivity contribution is 0.0699. The van der Waals surface area contributed by atoms with Gasteiger partial charge in [0.15, 0.2) is 0 Å². The van der Waals surface area contributed by atoms with E-state index >= 15 is 0 Å². The van der Waals surface area contributed by atoms with Crippen LogP contribution in [-0.2, 0) is 0 Å². The van der Waals surface area contributed by atoms with Crippen LogP contribution in [-0.4, -0.2) is 16.2 Å². The van der Waals surface area contributed by atoms with Crippen molar-refractivity contribution in [2.75, 3.05) is 0 Å². The number of phenolic OH excluding ortho intramolecular Hbond substituents is 1. The highest BCUT2D eigenvalue weighted by Crippen LogP contribution is 2.31. The molecule has 3 nitrogen and oxygen atoms in total. The van der Waals surface area contributed by atoms with Crippen LogP contribution in [0.3, 0.4) is 0 Å². The number of aromatic carboxylic acids is 1. The molecule has 2 aromatic carbocycles. The molecule has 0 unspecified atom stereocenters. The Hall–Kier alpha value is -2.03. The first-order chi connectivity index (χ1) is 8.00. The summed E-state index contributed by atoms with van der Waals surface area (Å²) < 4.78 is 0. The van der Waals surface area contributed by atoms with Gasteiger partial charge in [0.25, 0.3) is 0 Å². The fourth-order valence-corrected chi connectivity index (χ4v) is 1.98. The number of rotatable bonds is 2. The van der Waals surface area contributed by atoms with E-state index in [0.29, 0.717) is 5.39 Å². The molecule has 0 aliphatic heterocycles. The highest BCUT2D eigenvalue weighted by molar-refractivity contribution is 6.04. The number of aromatic hydroxyl groups is 1. The Balaban J connectivity index is 2.78. The topological polar surface area (TPSA) is 57.5 Å². The van der Waals surface area contributed by atoms with Gasteiger partial charge in [-0.15, -0.1) is 0 Å². The molecule has 0 amide bonds. The molecule has 0 saturated heterocycles. The zero-order valence-electron chi connectivity index (χ0n) is 9.77. The van der Waals surface area contributed by atoms with Crippen LogP contribution in [0.1, 0.15) is 35.7 Å². The Morgan fingerprint density at radius 3 is 2.53 bits per heavy atom. The van der Waals surface area contributed by atoms with Gasteiger partial charge in [-0.1, -0.05) is 26.0 Å². The number of fused-ring (bicyclic) bond motifs is 1. The molecule has 0 fully saturated rings. The largest absolute Gasteiger partial charge is 0.508 e. The van der Waals surface area contributed by atoms with E-state index in [1.54, 1.807) is 12.1 Å². The summed E-state index contributed by atoms with van der Waals surface area (Å²) in [5.74, 6) is -0.624. The predicted molar refractivity (Wildman–Crippen MR) is 66.7 cm³/mol. The van der Waals surface area contributed by atoms with Crippen molar-refractivity contribution in [1.82, 2.24) is 0 Å².